The third-order valence-electron chi connectivity index (χ3n) is 6.27. The van der Waals surface area contributed by atoms with Gasteiger partial charge in [-0.15, -0.1) is 0 Å². The number of nitrogens with one attached hydrogen (secondary N) is 1. The van der Waals surface area contributed by atoms with Crippen molar-refractivity contribution in [2.75, 3.05) is 19.6 Å². The highest BCUT2D eigenvalue weighted by Crippen LogP contribution is 2.36. The van der Waals surface area contributed by atoms with Crippen molar-refractivity contribution in [1.82, 2.24) is 10.2 Å². The lowest BCUT2D eigenvalue weighted by Crippen LogP contribution is -2.53. The monoisotopic (exact) mass is 278 g/mol. The molecule has 2 saturated carbocycles. The van der Waals surface area contributed by atoms with Crippen molar-refractivity contribution in [1.29, 1.82) is 0 Å². The van der Waals surface area contributed by atoms with Crippen LogP contribution in [0.3, 0.4) is 0 Å². The fraction of sp³-hybridized carbons (Fsp3) is 1.00. The van der Waals surface area contributed by atoms with Crippen molar-refractivity contribution >= 4 is 0 Å². The minimum atomic E-state index is 0.485. The molecule has 2 nitrogen and oxygen atoms in total. The van der Waals surface area contributed by atoms with Gasteiger partial charge in [-0.2, -0.15) is 0 Å². The minimum absolute atomic E-state index is 0.485. The summed E-state index contributed by atoms with van der Waals surface area (Å²) in [4.78, 5) is 2.90. The van der Waals surface area contributed by atoms with Gasteiger partial charge in [-0.05, 0) is 57.5 Å². The lowest BCUT2D eigenvalue weighted by atomic mass is 9.81. The third-order valence-corrected chi connectivity index (χ3v) is 6.27. The van der Waals surface area contributed by atoms with Gasteiger partial charge in [0.25, 0.3) is 0 Å². The summed E-state index contributed by atoms with van der Waals surface area (Å²) in [6.07, 6.45) is 15.9. The first-order valence-electron chi connectivity index (χ1n) is 9.32. The Labute approximate surface area is 125 Å². The van der Waals surface area contributed by atoms with E-state index in [1.165, 1.54) is 90.3 Å². The van der Waals surface area contributed by atoms with Crippen molar-refractivity contribution in [3.8, 4) is 0 Å². The summed E-state index contributed by atoms with van der Waals surface area (Å²) in [7, 11) is 0. The predicted molar refractivity (Wildman–Crippen MR) is 86.0 cm³/mol. The van der Waals surface area contributed by atoms with Crippen LogP contribution in [0.2, 0.25) is 0 Å². The van der Waals surface area contributed by atoms with E-state index >= 15 is 0 Å². The Kier molecular flexibility index (Phi) is 5.04. The van der Waals surface area contributed by atoms with E-state index in [4.69, 9.17) is 0 Å². The van der Waals surface area contributed by atoms with Crippen molar-refractivity contribution in [2.45, 2.75) is 89.1 Å². The van der Waals surface area contributed by atoms with Crippen LogP contribution >= 0.6 is 0 Å². The molecule has 2 aliphatic carbocycles. The minimum Gasteiger partial charge on any atom is -0.310 e. The van der Waals surface area contributed by atoms with Crippen LogP contribution in [0.15, 0.2) is 0 Å². The number of hydrogen-bond donors (Lipinski definition) is 1. The Hall–Kier alpha value is -0.0800. The molecule has 20 heavy (non-hydrogen) atoms. The second-order valence-electron chi connectivity index (χ2n) is 7.61. The molecule has 0 radical (unpaired) electrons. The van der Waals surface area contributed by atoms with Gasteiger partial charge in [0.2, 0.25) is 0 Å². The largest absolute Gasteiger partial charge is 0.310 e. The molecule has 0 aromatic rings. The first-order chi connectivity index (χ1) is 9.83. The Morgan fingerprint density at radius 3 is 2.50 bits per heavy atom. The summed E-state index contributed by atoms with van der Waals surface area (Å²) in [6.45, 7) is 6.35. The summed E-state index contributed by atoms with van der Waals surface area (Å²) < 4.78 is 0. The van der Waals surface area contributed by atoms with Crippen LogP contribution in [-0.4, -0.2) is 36.1 Å². The standard InChI is InChI=1S/C18H34N2/c1-2-17(16-9-4-3-5-10-16)20-14-8-13-19-18(15-20)11-6-7-12-18/h16-17,19H,2-15H2,1H3. The quantitative estimate of drug-likeness (QED) is 0.841. The van der Waals surface area contributed by atoms with E-state index in [0.29, 0.717) is 5.54 Å². The zero-order chi connectivity index (χ0) is 13.8. The highest BCUT2D eigenvalue weighted by atomic mass is 15.2. The summed E-state index contributed by atoms with van der Waals surface area (Å²) >= 11 is 0. The maximum Gasteiger partial charge on any atom is 0.0308 e. The van der Waals surface area contributed by atoms with Gasteiger partial charge >= 0.3 is 0 Å². The zero-order valence-corrected chi connectivity index (χ0v) is 13.5. The Balaban J connectivity index is 1.68. The van der Waals surface area contributed by atoms with E-state index in [0.717, 1.165) is 12.0 Å². The van der Waals surface area contributed by atoms with Crippen molar-refractivity contribution in [2.24, 2.45) is 5.92 Å². The molecule has 3 aliphatic rings. The van der Waals surface area contributed by atoms with Gasteiger partial charge in [0.1, 0.15) is 0 Å². The molecule has 1 atom stereocenters. The Morgan fingerprint density at radius 2 is 1.80 bits per heavy atom. The molecule has 3 rings (SSSR count). The lowest BCUT2D eigenvalue weighted by molar-refractivity contribution is 0.0924. The summed E-state index contributed by atoms with van der Waals surface area (Å²) in [5, 5.41) is 3.93. The van der Waals surface area contributed by atoms with Crippen molar-refractivity contribution in [3.05, 3.63) is 0 Å². The van der Waals surface area contributed by atoms with Crippen LogP contribution < -0.4 is 5.32 Å². The van der Waals surface area contributed by atoms with E-state index in [1.54, 1.807) is 0 Å². The van der Waals surface area contributed by atoms with Gasteiger partial charge in [0, 0.05) is 18.1 Å². The molecule has 0 bridgehead atoms. The number of rotatable bonds is 3. The molecular formula is C18H34N2. The fourth-order valence-corrected chi connectivity index (χ4v) is 5.24. The molecule has 116 valence electrons. The number of hydrogen-bond acceptors (Lipinski definition) is 2. The highest BCUT2D eigenvalue weighted by Gasteiger charge is 2.39. The summed E-state index contributed by atoms with van der Waals surface area (Å²) in [5.41, 5.74) is 0.485. The molecule has 1 spiro atoms. The van der Waals surface area contributed by atoms with Gasteiger partial charge in [-0.1, -0.05) is 39.0 Å². The van der Waals surface area contributed by atoms with Crippen molar-refractivity contribution in [3.63, 3.8) is 0 Å². The molecule has 2 heteroatoms. The normalized spacial score (nSPS) is 30.4. The van der Waals surface area contributed by atoms with Crippen LogP contribution in [0.4, 0.5) is 0 Å². The fourth-order valence-electron chi connectivity index (χ4n) is 5.24. The molecule has 0 amide bonds. The lowest BCUT2D eigenvalue weighted by Gasteiger charge is -2.41. The van der Waals surface area contributed by atoms with Gasteiger partial charge in [0.05, 0.1) is 0 Å². The van der Waals surface area contributed by atoms with Crippen LogP contribution in [0, 0.1) is 5.92 Å². The highest BCUT2D eigenvalue weighted by molar-refractivity contribution is 4.98. The van der Waals surface area contributed by atoms with E-state index in [2.05, 4.69) is 17.1 Å². The smallest absolute Gasteiger partial charge is 0.0308 e. The second kappa shape index (κ2) is 6.79. The number of nitrogens with zero attached hydrogens (tertiary/aromatic N) is 1. The molecule has 1 aliphatic heterocycles. The maximum atomic E-state index is 3.93. The molecular weight excluding hydrogens is 244 g/mol. The van der Waals surface area contributed by atoms with E-state index < -0.39 is 0 Å². The molecule has 1 heterocycles. The topological polar surface area (TPSA) is 15.3 Å². The zero-order valence-electron chi connectivity index (χ0n) is 13.5. The summed E-state index contributed by atoms with van der Waals surface area (Å²) in [6, 6.07) is 0.868. The molecule has 3 fully saturated rings. The Morgan fingerprint density at radius 1 is 1.05 bits per heavy atom. The van der Waals surface area contributed by atoms with Gasteiger partial charge < -0.3 is 5.32 Å². The Bertz CT molecular complexity index is 290. The molecule has 1 N–H and O–H groups in total. The SMILES string of the molecule is CCC(C1CCCCC1)N1CCCNC2(CCCC2)C1. The van der Waals surface area contributed by atoms with E-state index in [1.807, 2.05) is 0 Å². The van der Waals surface area contributed by atoms with Crippen LogP contribution in [-0.2, 0) is 0 Å². The summed E-state index contributed by atoms with van der Waals surface area (Å²) in [5.74, 6) is 0.991. The third kappa shape index (κ3) is 3.22. The molecule has 0 aromatic heterocycles. The van der Waals surface area contributed by atoms with Crippen molar-refractivity contribution < 1.29 is 0 Å². The second-order valence-corrected chi connectivity index (χ2v) is 7.61. The van der Waals surface area contributed by atoms with E-state index in [-0.39, 0.29) is 0 Å². The molecule has 1 saturated heterocycles. The van der Waals surface area contributed by atoms with Gasteiger partial charge in [-0.25, -0.2) is 0 Å². The average Bonchev–Trinajstić information content (AvgIpc) is 2.83. The van der Waals surface area contributed by atoms with Gasteiger partial charge in [-0.3, -0.25) is 4.90 Å². The maximum absolute atomic E-state index is 3.93. The molecule has 0 aromatic carbocycles. The van der Waals surface area contributed by atoms with Crippen LogP contribution in [0.25, 0.3) is 0 Å². The van der Waals surface area contributed by atoms with Crippen LogP contribution in [0.1, 0.15) is 77.6 Å². The predicted octanol–water partition coefficient (Wildman–Crippen LogP) is 3.95. The average molecular weight is 278 g/mol. The van der Waals surface area contributed by atoms with E-state index in [9.17, 15) is 0 Å². The first-order valence-corrected chi connectivity index (χ1v) is 9.32. The first kappa shape index (κ1) is 14.8. The van der Waals surface area contributed by atoms with Gasteiger partial charge in [0.15, 0.2) is 0 Å². The van der Waals surface area contributed by atoms with Crippen LogP contribution in [0.5, 0.6) is 0 Å². The molecule has 1 unspecified atom stereocenters.